The molecule has 0 spiro atoms. The van der Waals surface area contributed by atoms with E-state index in [0.717, 1.165) is 23.3 Å². The van der Waals surface area contributed by atoms with Gasteiger partial charge in [-0.1, -0.05) is 12.1 Å². The van der Waals surface area contributed by atoms with Crippen LogP contribution in [0.2, 0.25) is 0 Å². The van der Waals surface area contributed by atoms with Crippen molar-refractivity contribution < 1.29 is 9.47 Å². The average Bonchev–Trinajstić information content (AvgIpc) is 2.76. The molecule has 21 heavy (non-hydrogen) atoms. The number of fused-ring (bicyclic) bond motifs is 1. The van der Waals surface area contributed by atoms with Gasteiger partial charge in [0.05, 0.1) is 0 Å². The number of aromatic nitrogens is 1. The topological polar surface area (TPSA) is 31.4 Å². The maximum atomic E-state index is 6.01. The van der Waals surface area contributed by atoms with Crippen LogP contribution in [-0.4, -0.2) is 10.6 Å². The molecule has 2 heterocycles. The van der Waals surface area contributed by atoms with E-state index in [0.29, 0.717) is 17.5 Å². The monoisotopic (exact) mass is 303 g/mol. The maximum Gasteiger partial charge on any atom is 0.222 e. The molecule has 110 valence electrons. The molecule has 0 N–H and O–H groups in total. The molecule has 0 unspecified atom stereocenters. The van der Waals surface area contributed by atoms with Crippen molar-refractivity contribution in [2.24, 2.45) is 0 Å². The molecule has 0 saturated carbocycles. The van der Waals surface area contributed by atoms with Crippen molar-refractivity contribution >= 4 is 11.6 Å². The van der Waals surface area contributed by atoms with Gasteiger partial charge in [-0.15, -0.1) is 11.6 Å². The van der Waals surface area contributed by atoms with E-state index in [2.05, 4.69) is 24.9 Å². The normalized spacial score (nSPS) is 15.4. The fourth-order valence-corrected chi connectivity index (χ4v) is 2.72. The molecule has 1 aromatic carbocycles. The lowest BCUT2D eigenvalue weighted by atomic mass is 10.0. The zero-order chi connectivity index (χ0) is 15.0. The van der Waals surface area contributed by atoms with Crippen molar-refractivity contribution in [1.82, 2.24) is 4.98 Å². The predicted octanol–water partition coefficient (Wildman–Crippen LogP) is 4.63. The minimum absolute atomic E-state index is 0.188. The molecule has 1 aromatic heterocycles. The molecule has 0 saturated heterocycles. The third-order valence-corrected chi connectivity index (χ3v) is 3.81. The first-order chi connectivity index (χ1) is 9.98. The van der Waals surface area contributed by atoms with Crippen molar-refractivity contribution in [3.05, 3.63) is 47.2 Å². The van der Waals surface area contributed by atoms with E-state index in [4.69, 9.17) is 21.1 Å². The van der Waals surface area contributed by atoms with Gasteiger partial charge in [0.1, 0.15) is 5.60 Å². The fraction of sp³-hybridized carbons (Fsp3) is 0.353. The molecular weight excluding hydrogens is 286 g/mol. The van der Waals surface area contributed by atoms with Crippen LogP contribution in [0.3, 0.4) is 0 Å². The summed E-state index contributed by atoms with van der Waals surface area (Å²) in [6, 6.07) is 7.97. The summed E-state index contributed by atoms with van der Waals surface area (Å²) < 4.78 is 12.0. The Bertz CT molecular complexity index is 682. The first kappa shape index (κ1) is 14.2. The molecule has 3 nitrogen and oxygen atoms in total. The molecular formula is C17H18ClNO2. The second kappa shape index (κ2) is 5.23. The lowest BCUT2D eigenvalue weighted by Gasteiger charge is -2.18. The molecule has 0 atom stereocenters. The number of para-hydroxylation sites is 1. The molecule has 0 radical (unpaired) electrons. The summed E-state index contributed by atoms with van der Waals surface area (Å²) >= 11 is 5.82. The SMILES string of the molecule is Cc1cc(CCl)cnc1Oc1cccc2c1OC(C)(C)C2. The minimum atomic E-state index is -0.188. The summed E-state index contributed by atoms with van der Waals surface area (Å²) in [7, 11) is 0. The Hall–Kier alpha value is -1.74. The minimum Gasteiger partial charge on any atom is -0.483 e. The van der Waals surface area contributed by atoms with Crippen LogP contribution in [0.1, 0.15) is 30.5 Å². The zero-order valence-electron chi connectivity index (χ0n) is 12.4. The van der Waals surface area contributed by atoms with E-state index in [9.17, 15) is 0 Å². The number of benzene rings is 1. The highest BCUT2D eigenvalue weighted by molar-refractivity contribution is 6.17. The Balaban J connectivity index is 1.92. The van der Waals surface area contributed by atoms with Crippen molar-refractivity contribution in [1.29, 1.82) is 0 Å². The van der Waals surface area contributed by atoms with Crippen molar-refractivity contribution in [3.63, 3.8) is 0 Å². The summed E-state index contributed by atoms with van der Waals surface area (Å²) in [6.07, 6.45) is 2.63. The van der Waals surface area contributed by atoms with Gasteiger partial charge in [-0.3, -0.25) is 0 Å². The van der Waals surface area contributed by atoms with Crippen LogP contribution in [0.25, 0.3) is 0 Å². The third kappa shape index (κ3) is 2.84. The highest BCUT2D eigenvalue weighted by Gasteiger charge is 2.32. The predicted molar refractivity (Wildman–Crippen MR) is 83.5 cm³/mol. The largest absolute Gasteiger partial charge is 0.483 e. The number of alkyl halides is 1. The van der Waals surface area contributed by atoms with Gasteiger partial charge in [-0.25, -0.2) is 4.98 Å². The van der Waals surface area contributed by atoms with Crippen LogP contribution in [0, 0.1) is 6.92 Å². The number of halogens is 1. The van der Waals surface area contributed by atoms with E-state index in [1.807, 2.05) is 25.1 Å². The van der Waals surface area contributed by atoms with Gasteiger partial charge in [0.15, 0.2) is 11.5 Å². The van der Waals surface area contributed by atoms with Crippen LogP contribution in [0.4, 0.5) is 0 Å². The number of hydrogen-bond donors (Lipinski definition) is 0. The lowest BCUT2D eigenvalue weighted by Crippen LogP contribution is -2.24. The quantitative estimate of drug-likeness (QED) is 0.774. The maximum absolute atomic E-state index is 6.01. The standard InChI is InChI=1S/C17H18ClNO2/c1-11-7-12(9-18)10-19-16(11)20-14-6-4-5-13-8-17(2,3)21-15(13)14/h4-7,10H,8-9H2,1-3H3. The molecule has 0 fully saturated rings. The summed E-state index contributed by atoms with van der Waals surface area (Å²) in [5, 5.41) is 0. The van der Waals surface area contributed by atoms with Gasteiger partial charge in [-0.05, 0) is 38.5 Å². The number of ether oxygens (including phenoxy) is 2. The molecule has 4 heteroatoms. The number of hydrogen-bond acceptors (Lipinski definition) is 3. The highest BCUT2D eigenvalue weighted by atomic mass is 35.5. The van der Waals surface area contributed by atoms with E-state index >= 15 is 0 Å². The van der Waals surface area contributed by atoms with Crippen molar-refractivity contribution in [3.8, 4) is 17.4 Å². The van der Waals surface area contributed by atoms with Gasteiger partial charge in [0, 0.05) is 29.6 Å². The van der Waals surface area contributed by atoms with E-state index in [-0.39, 0.29) is 5.60 Å². The molecule has 3 rings (SSSR count). The second-order valence-electron chi connectivity index (χ2n) is 5.98. The molecule has 2 aromatic rings. The van der Waals surface area contributed by atoms with E-state index in [1.165, 1.54) is 5.56 Å². The average molecular weight is 304 g/mol. The zero-order valence-corrected chi connectivity index (χ0v) is 13.2. The third-order valence-electron chi connectivity index (χ3n) is 3.50. The highest BCUT2D eigenvalue weighted by Crippen LogP contribution is 2.43. The van der Waals surface area contributed by atoms with E-state index < -0.39 is 0 Å². The second-order valence-corrected chi connectivity index (χ2v) is 6.25. The van der Waals surface area contributed by atoms with Crippen molar-refractivity contribution in [2.45, 2.75) is 38.7 Å². The summed E-state index contributed by atoms with van der Waals surface area (Å²) in [6.45, 7) is 6.12. The van der Waals surface area contributed by atoms with Crippen LogP contribution in [-0.2, 0) is 12.3 Å². The van der Waals surface area contributed by atoms with Gasteiger partial charge in [0.2, 0.25) is 5.88 Å². The van der Waals surface area contributed by atoms with Gasteiger partial charge >= 0.3 is 0 Å². The number of nitrogens with zero attached hydrogens (tertiary/aromatic N) is 1. The van der Waals surface area contributed by atoms with Crippen LogP contribution < -0.4 is 9.47 Å². The van der Waals surface area contributed by atoms with Gasteiger partial charge < -0.3 is 9.47 Å². The van der Waals surface area contributed by atoms with Gasteiger partial charge in [0.25, 0.3) is 0 Å². The number of pyridine rings is 1. The Morgan fingerprint density at radius 3 is 2.90 bits per heavy atom. The molecule has 0 aliphatic carbocycles. The summed E-state index contributed by atoms with van der Waals surface area (Å²) in [4.78, 5) is 4.34. The van der Waals surface area contributed by atoms with E-state index in [1.54, 1.807) is 6.20 Å². The first-order valence-electron chi connectivity index (χ1n) is 6.99. The Morgan fingerprint density at radius 2 is 2.19 bits per heavy atom. The molecule has 1 aliphatic rings. The van der Waals surface area contributed by atoms with Crippen LogP contribution in [0.15, 0.2) is 30.5 Å². The Labute approximate surface area is 129 Å². The Morgan fingerprint density at radius 1 is 1.38 bits per heavy atom. The fourth-order valence-electron chi connectivity index (χ4n) is 2.57. The number of rotatable bonds is 3. The van der Waals surface area contributed by atoms with Gasteiger partial charge in [-0.2, -0.15) is 0 Å². The first-order valence-corrected chi connectivity index (χ1v) is 7.52. The smallest absolute Gasteiger partial charge is 0.222 e. The Kier molecular flexibility index (Phi) is 3.54. The molecule has 1 aliphatic heterocycles. The summed E-state index contributed by atoms with van der Waals surface area (Å²) in [5.41, 5.74) is 2.93. The lowest BCUT2D eigenvalue weighted by molar-refractivity contribution is 0.135. The van der Waals surface area contributed by atoms with Crippen LogP contribution >= 0.6 is 11.6 Å². The van der Waals surface area contributed by atoms with Crippen LogP contribution in [0.5, 0.6) is 17.4 Å². The molecule has 0 amide bonds. The molecule has 0 bridgehead atoms. The summed E-state index contributed by atoms with van der Waals surface area (Å²) in [5.74, 6) is 2.58. The van der Waals surface area contributed by atoms with Crippen molar-refractivity contribution in [2.75, 3.05) is 0 Å². The number of aryl methyl sites for hydroxylation is 1.